The molecule has 2 aromatic rings. The first kappa shape index (κ1) is 15.4. The molecule has 0 bridgehead atoms. The summed E-state index contributed by atoms with van der Waals surface area (Å²) >= 11 is 15.1. The zero-order valence-corrected chi connectivity index (χ0v) is 14.0. The second-order valence-corrected chi connectivity index (χ2v) is 7.14. The number of anilines is 2. The second kappa shape index (κ2) is 5.44. The summed E-state index contributed by atoms with van der Waals surface area (Å²) in [5, 5.41) is 4.09. The van der Waals surface area contributed by atoms with Gasteiger partial charge in [0.05, 0.1) is 15.7 Å². The lowest BCUT2D eigenvalue weighted by Crippen LogP contribution is -2.14. The molecule has 0 spiro atoms. The SMILES string of the molecule is Cn1cc(S(=O)(=O)Nc2ccc(Br)c(Cl)c2Cl)c(N)n1. The Morgan fingerprint density at radius 3 is 2.55 bits per heavy atom. The highest BCUT2D eigenvalue weighted by Gasteiger charge is 2.22. The van der Waals surface area contributed by atoms with Crippen LogP contribution in [0.5, 0.6) is 0 Å². The summed E-state index contributed by atoms with van der Waals surface area (Å²) in [5.74, 6) is -0.0978. The fraction of sp³-hybridized carbons (Fsp3) is 0.100. The normalized spacial score (nSPS) is 11.6. The molecule has 2 rings (SSSR count). The maximum absolute atomic E-state index is 12.2. The molecule has 1 aromatic carbocycles. The molecule has 0 radical (unpaired) electrons. The first-order chi connectivity index (χ1) is 9.22. The number of nitrogens with two attached hydrogens (primary N) is 1. The van der Waals surface area contributed by atoms with E-state index in [-0.39, 0.29) is 26.4 Å². The van der Waals surface area contributed by atoms with E-state index in [2.05, 4.69) is 25.8 Å². The number of benzene rings is 1. The quantitative estimate of drug-likeness (QED) is 0.776. The van der Waals surface area contributed by atoms with E-state index in [9.17, 15) is 8.42 Å². The molecule has 20 heavy (non-hydrogen) atoms. The maximum Gasteiger partial charge on any atom is 0.267 e. The Morgan fingerprint density at radius 2 is 2.00 bits per heavy atom. The highest BCUT2D eigenvalue weighted by molar-refractivity contribution is 9.10. The molecule has 1 aromatic heterocycles. The van der Waals surface area contributed by atoms with Crippen LogP contribution in [0, 0.1) is 0 Å². The molecule has 0 aliphatic heterocycles. The van der Waals surface area contributed by atoms with Gasteiger partial charge in [0, 0.05) is 17.7 Å². The van der Waals surface area contributed by atoms with E-state index in [0.29, 0.717) is 4.47 Å². The number of halogens is 3. The molecule has 0 atom stereocenters. The van der Waals surface area contributed by atoms with Crippen LogP contribution in [0.2, 0.25) is 10.0 Å². The van der Waals surface area contributed by atoms with Crippen LogP contribution in [0.15, 0.2) is 27.7 Å². The van der Waals surface area contributed by atoms with Crippen molar-refractivity contribution >= 4 is 60.7 Å². The lowest BCUT2D eigenvalue weighted by Gasteiger charge is -2.10. The van der Waals surface area contributed by atoms with Gasteiger partial charge in [0.15, 0.2) is 5.82 Å². The first-order valence-corrected chi connectivity index (χ1v) is 8.21. The second-order valence-electron chi connectivity index (χ2n) is 3.88. The molecule has 0 fully saturated rings. The topological polar surface area (TPSA) is 90.0 Å². The van der Waals surface area contributed by atoms with E-state index in [1.165, 1.54) is 16.9 Å². The molecule has 0 unspecified atom stereocenters. The monoisotopic (exact) mass is 398 g/mol. The van der Waals surface area contributed by atoms with Gasteiger partial charge in [-0.3, -0.25) is 9.40 Å². The number of sulfonamides is 1. The zero-order valence-electron chi connectivity index (χ0n) is 10.1. The number of nitrogen functional groups attached to an aromatic ring is 1. The van der Waals surface area contributed by atoms with Crippen molar-refractivity contribution in [2.45, 2.75) is 4.90 Å². The minimum Gasteiger partial charge on any atom is -0.381 e. The van der Waals surface area contributed by atoms with Crippen molar-refractivity contribution in [3.05, 3.63) is 32.8 Å². The molecule has 108 valence electrons. The Morgan fingerprint density at radius 1 is 1.35 bits per heavy atom. The summed E-state index contributed by atoms with van der Waals surface area (Å²) in [4.78, 5) is -0.130. The minimum absolute atomic E-state index is 0.0899. The lowest BCUT2D eigenvalue weighted by molar-refractivity contribution is 0.601. The third kappa shape index (κ3) is 2.88. The molecule has 6 nitrogen and oxygen atoms in total. The lowest BCUT2D eigenvalue weighted by atomic mass is 10.3. The van der Waals surface area contributed by atoms with Gasteiger partial charge in [-0.1, -0.05) is 23.2 Å². The van der Waals surface area contributed by atoms with Crippen molar-refractivity contribution < 1.29 is 8.42 Å². The number of aromatic nitrogens is 2. The molecule has 0 amide bonds. The summed E-state index contributed by atoms with van der Waals surface area (Å²) in [6.07, 6.45) is 1.30. The van der Waals surface area contributed by atoms with Gasteiger partial charge in [0.25, 0.3) is 10.0 Å². The fourth-order valence-corrected chi connectivity index (χ4v) is 3.55. The Balaban J connectivity index is 2.44. The van der Waals surface area contributed by atoms with Crippen LogP contribution in [-0.4, -0.2) is 18.2 Å². The number of rotatable bonds is 3. The van der Waals surface area contributed by atoms with Crippen LogP contribution in [0.1, 0.15) is 0 Å². The van der Waals surface area contributed by atoms with E-state index >= 15 is 0 Å². The Labute approximate surface area is 134 Å². The predicted octanol–water partition coefficient (Wildman–Crippen LogP) is 2.87. The molecular formula is C10H9BrCl2N4O2S. The molecule has 0 saturated carbocycles. The van der Waals surface area contributed by atoms with Gasteiger partial charge in [-0.2, -0.15) is 5.10 Å². The number of nitrogens with zero attached hydrogens (tertiary/aromatic N) is 2. The minimum atomic E-state index is -3.89. The van der Waals surface area contributed by atoms with Crippen molar-refractivity contribution in [3.63, 3.8) is 0 Å². The van der Waals surface area contributed by atoms with Crippen molar-refractivity contribution in [2.24, 2.45) is 7.05 Å². The van der Waals surface area contributed by atoms with Crippen molar-refractivity contribution in [1.82, 2.24) is 9.78 Å². The van der Waals surface area contributed by atoms with Gasteiger partial charge in [0.1, 0.15) is 4.90 Å². The largest absolute Gasteiger partial charge is 0.381 e. The molecule has 0 aliphatic rings. The Bertz CT molecular complexity index is 776. The van der Waals surface area contributed by atoms with Crippen molar-refractivity contribution in [1.29, 1.82) is 0 Å². The molecule has 0 aliphatic carbocycles. The van der Waals surface area contributed by atoms with Gasteiger partial charge in [0.2, 0.25) is 0 Å². The van der Waals surface area contributed by atoms with Crippen molar-refractivity contribution in [3.8, 4) is 0 Å². The highest BCUT2D eigenvalue weighted by atomic mass is 79.9. The van der Waals surface area contributed by atoms with Gasteiger partial charge < -0.3 is 5.73 Å². The number of hydrogen-bond acceptors (Lipinski definition) is 4. The summed E-state index contributed by atoms with van der Waals surface area (Å²) < 4.78 is 28.6. The summed E-state index contributed by atoms with van der Waals surface area (Å²) in [6.45, 7) is 0. The summed E-state index contributed by atoms with van der Waals surface area (Å²) in [6, 6.07) is 3.07. The maximum atomic E-state index is 12.2. The van der Waals surface area contributed by atoms with Gasteiger partial charge >= 0.3 is 0 Å². The average molecular weight is 400 g/mol. The average Bonchev–Trinajstić information content (AvgIpc) is 2.70. The molecule has 10 heteroatoms. The smallest absolute Gasteiger partial charge is 0.267 e. The van der Waals surface area contributed by atoms with Crippen LogP contribution in [0.4, 0.5) is 11.5 Å². The molecule has 1 heterocycles. The van der Waals surface area contributed by atoms with E-state index in [1.807, 2.05) is 0 Å². The number of aryl methyl sites for hydroxylation is 1. The first-order valence-electron chi connectivity index (χ1n) is 5.18. The van der Waals surface area contributed by atoms with Crippen LogP contribution in [0.25, 0.3) is 0 Å². The Kier molecular flexibility index (Phi) is 4.19. The van der Waals surface area contributed by atoms with Gasteiger partial charge in [-0.25, -0.2) is 8.42 Å². The van der Waals surface area contributed by atoms with Crippen LogP contribution in [-0.2, 0) is 17.1 Å². The van der Waals surface area contributed by atoms with Gasteiger partial charge in [-0.15, -0.1) is 0 Å². The van der Waals surface area contributed by atoms with E-state index in [0.717, 1.165) is 0 Å². The van der Waals surface area contributed by atoms with E-state index in [4.69, 9.17) is 28.9 Å². The third-order valence-electron chi connectivity index (χ3n) is 2.39. The van der Waals surface area contributed by atoms with Gasteiger partial charge in [-0.05, 0) is 28.1 Å². The fourth-order valence-electron chi connectivity index (χ4n) is 1.50. The number of nitrogens with one attached hydrogen (secondary N) is 1. The van der Waals surface area contributed by atoms with E-state index < -0.39 is 10.0 Å². The summed E-state index contributed by atoms with van der Waals surface area (Å²) in [7, 11) is -2.32. The Hall–Kier alpha value is -0.960. The van der Waals surface area contributed by atoms with Crippen LogP contribution >= 0.6 is 39.1 Å². The van der Waals surface area contributed by atoms with Crippen molar-refractivity contribution in [2.75, 3.05) is 10.5 Å². The molecule has 0 saturated heterocycles. The van der Waals surface area contributed by atoms with Crippen LogP contribution in [0.3, 0.4) is 0 Å². The van der Waals surface area contributed by atoms with Crippen LogP contribution < -0.4 is 10.5 Å². The molecular weight excluding hydrogens is 391 g/mol. The zero-order chi connectivity index (χ0) is 15.1. The van der Waals surface area contributed by atoms with E-state index in [1.54, 1.807) is 13.1 Å². The predicted molar refractivity (Wildman–Crippen MR) is 82.6 cm³/mol. The standard InChI is InChI=1S/C10H9BrCl2N4O2S/c1-17-4-7(10(14)15-17)20(18,19)16-6-3-2-5(11)8(12)9(6)13/h2-4,16H,1H3,(H2,14,15). The third-order valence-corrected chi connectivity index (χ3v) is 5.54. The summed E-state index contributed by atoms with van der Waals surface area (Å²) in [5.41, 5.74) is 5.71. The number of hydrogen-bond donors (Lipinski definition) is 2. The highest BCUT2D eigenvalue weighted by Crippen LogP contribution is 2.36. The molecule has 3 N–H and O–H groups in total.